The van der Waals surface area contributed by atoms with Crippen molar-refractivity contribution in [2.75, 3.05) is 19.7 Å². The second kappa shape index (κ2) is 10.9. The first-order chi connectivity index (χ1) is 15.6. The van der Waals surface area contributed by atoms with Gasteiger partial charge < -0.3 is 20.1 Å². The number of nitrogens with one attached hydrogen (secondary N) is 2. The van der Waals surface area contributed by atoms with Crippen molar-refractivity contribution in [2.24, 2.45) is 0 Å². The van der Waals surface area contributed by atoms with E-state index >= 15 is 0 Å². The summed E-state index contributed by atoms with van der Waals surface area (Å²) in [6.45, 7) is 2.46. The zero-order valence-corrected chi connectivity index (χ0v) is 19.7. The standard InChI is InChI=1S/C21H26FN3O6S2/c1-2-30-20-14(9-17(27)31-20)23-16(26)10-21(32)6-7-25(33)11-15(18(21)28)24-19(29)12-4-3-5-13(22)8-12/h3-5,8,14-15,20,32-33H,2,6-7,9-11H2,1H3,(H,23,26)(H,24,29). The summed E-state index contributed by atoms with van der Waals surface area (Å²) < 4.78 is 24.0. The van der Waals surface area contributed by atoms with E-state index in [-0.39, 0.29) is 31.4 Å². The van der Waals surface area contributed by atoms with Crippen molar-refractivity contribution in [3.05, 3.63) is 35.6 Å². The number of thiol groups is 2. The summed E-state index contributed by atoms with van der Waals surface area (Å²) in [5.74, 6) is -2.66. The normalized spacial score (nSPS) is 28.2. The number of halogens is 1. The zero-order chi connectivity index (χ0) is 24.2. The molecule has 9 nitrogen and oxygen atoms in total. The molecule has 0 saturated carbocycles. The van der Waals surface area contributed by atoms with Crippen LogP contribution in [0.25, 0.3) is 0 Å². The van der Waals surface area contributed by atoms with Crippen molar-refractivity contribution < 1.29 is 33.0 Å². The SMILES string of the molecule is CCOC1OC(=O)CC1NC(=O)CC1(S)CCN(S)CC(NC(=O)c2cccc(F)c2)C1=O. The minimum absolute atomic E-state index is 0.0410. The molecule has 0 radical (unpaired) electrons. The van der Waals surface area contributed by atoms with E-state index in [1.807, 2.05) is 0 Å². The quantitative estimate of drug-likeness (QED) is 0.326. The first kappa shape index (κ1) is 25.5. The van der Waals surface area contributed by atoms with Gasteiger partial charge in [-0.1, -0.05) is 18.9 Å². The lowest BCUT2D eigenvalue weighted by Crippen LogP contribution is -2.53. The molecular formula is C21H26FN3O6S2. The number of carbonyl (C=O) groups is 4. The highest BCUT2D eigenvalue weighted by atomic mass is 32.1. The van der Waals surface area contributed by atoms with Crippen LogP contribution in [0.1, 0.15) is 36.5 Å². The fourth-order valence-corrected chi connectivity index (χ4v) is 4.46. The fraction of sp³-hybridized carbons (Fsp3) is 0.524. The zero-order valence-electron chi connectivity index (χ0n) is 18.0. The van der Waals surface area contributed by atoms with E-state index in [1.54, 1.807) is 11.2 Å². The molecule has 2 amide bonds. The minimum Gasteiger partial charge on any atom is -0.433 e. The van der Waals surface area contributed by atoms with Crippen LogP contribution in [0.4, 0.5) is 4.39 Å². The van der Waals surface area contributed by atoms with E-state index in [0.29, 0.717) is 13.2 Å². The van der Waals surface area contributed by atoms with Crippen LogP contribution in [0, 0.1) is 5.82 Å². The van der Waals surface area contributed by atoms with Crippen LogP contribution in [-0.4, -0.2) is 70.7 Å². The minimum atomic E-state index is -1.40. The van der Waals surface area contributed by atoms with Crippen molar-refractivity contribution in [2.45, 2.75) is 49.3 Å². The van der Waals surface area contributed by atoms with Crippen molar-refractivity contribution >= 4 is 49.0 Å². The monoisotopic (exact) mass is 499 g/mol. The van der Waals surface area contributed by atoms with E-state index in [4.69, 9.17) is 9.47 Å². The molecule has 4 atom stereocenters. The topological polar surface area (TPSA) is 114 Å². The number of esters is 1. The molecular weight excluding hydrogens is 473 g/mol. The summed E-state index contributed by atoms with van der Waals surface area (Å²) in [6, 6.07) is 3.41. The summed E-state index contributed by atoms with van der Waals surface area (Å²) >= 11 is 8.87. The first-order valence-corrected chi connectivity index (χ1v) is 11.3. The number of benzene rings is 1. The summed E-state index contributed by atoms with van der Waals surface area (Å²) in [5, 5.41) is 5.29. The molecule has 2 fully saturated rings. The Balaban J connectivity index is 1.70. The maximum atomic E-state index is 13.5. The number of carbonyl (C=O) groups excluding carboxylic acids is 4. The summed E-state index contributed by atoms with van der Waals surface area (Å²) in [6.07, 6.45) is -1.02. The van der Waals surface area contributed by atoms with E-state index in [0.717, 1.165) is 6.07 Å². The molecule has 0 bridgehead atoms. The van der Waals surface area contributed by atoms with Crippen LogP contribution >= 0.6 is 25.4 Å². The summed E-state index contributed by atoms with van der Waals surface area (Å²) in [4.78, 5) is 50.3. The van der Waals surface area contributed by atoms with Crippen molar-refractivity contribution in [1.29, 1.82) is 0 Å². The molecule has 2 saturated heterocycles. The van der Waals surface area contributed by atoms with Crippen molar-refractivity contribution in [3.8, 4) is 0 Å². The van der Waals surface area contributed by atoms with E-state index in [1.165, 1.54) is 18.2 Å². The molecule has 2 aliphatic heterocycles. The predicted molar refractivity (Wildman–Crippen MR) is 122 cm³/mol. The third-order valence-corrected chi connectivity index (χ3v) is 6.40. The Hall–Kier alpha value is -2.15. The molecule has 12 heteroatoms. The lowest BCUT2D eigenvalue weighted by Gasteiger charge is -2.28. The number of Topliss-reactive ketones (excluding diaryl/α,β-unsaturated/α-hetero) is 1. The molecule has 0 aromatic heterocycles. The van der Waals surface area contributed by atoms with Gasteiger partial charge in [-0.05, 0) is 31.5 Å². The number of hydrogen-bond donors (Lipinski definition) is 4. The lowest BCUT2D eigenvalue weighted by molar-refractivity contribution is -0.164. The second-order valence-corrected chi connectivity index (χ2v) is 9.39. The van der Waals surface area contributed by atoms with Crippen molar-refractivity contribution in [1.82, 2.24) is 14.9 Å². The lowest BCUT2D eigenvalue weighted by atomic mass is 9.91. The Morgan fingerprint density at radius 1 is 1.33 bits per heavy atom. The highest BCUT2D eigenvalue weighted by Gasteiger charge is 2.45. The Morgan fingerprint density at radius 2 is 2.09 bits per heavy atom. The smallest absolute Gasteiger partial charge is 0.310 e. The van der Waals surface area contributed by atoms with Gasteiger partial charge in [0.05, 0.1) is 11.2 Å². The maximum Gasteiger partial charge on any atom is 0.310 e. The predicted octanol–water partition coefficient (Wildman–Crippen LogP) is 0.897. The van der Waals surface area contributed by atoms with Crippen LogP contribution in [0.5, 0.6) is 0 Å². The van der Waals surface area contributed by atoms with E-state index in [9.17, 15) is 23.6 Å². The average molecular weight is 500 g/mol. The molecule has 180 valence electrons. The number of nitrogens with zero attached hydrogens (tertiary/aromatic N) is 1. The number of hydrogen-bond acceptors (Lipinski definition) is 9. The number of rotatable bonds is 7. The van der Waals surface area contributed by atoms with Gasteiger partial charge in [-0.25, -0.2) is 4.39 Å². The van der Waals surface area contributed by atoms with Gasteiger partial charge in [0.25, 0.3) is 5.91 Å². The molecule has 2 aliphatic rings. The largest absolute Gasteiger partial charge is 0.433 e. The van der Waals surface area contributed by atoms with Gasteiger partial charge in [0.1, 0.15) is 17.9 Å². The number of amides is 2. The van der Waals surface area contributed by atoms with Gasteiger partial charge in [-0.3, -0.25) is 23.5 Å². The molecule has 2 N–H and O–H groups in total. The van der Waals surface area contributed by atoms with Crippen LogP contribution < -0.4 is 10.6 Å². The van der Waals surface area contributed by atoms with Gasteiger partial charge in [-0.2, -0.15) is 12.6 Å². The third-order valence-electron chi connectivity index (χ3n) is 5.44. The third kappa shape index (κ3) is 6.46. The molecule has 0 aliphatic carbocycles. The van der Waals surface area contributed by atoms with Crippen LogP contribution in [0.3, 0.4) is 0 Å². The molecule has 1 aromatic carbocycles. The number of cyclic esters (lactones) is 1. The Labute approximate surface area is 201 Å². The number of ketones is 1. The molecule has 33 heavy (non-hydrogen) atoms. The first-order valence-electron chi connectivity index (χ1n) is 10.5. The average Bonchev–Trinajstić information content (AvgIpc) is 3.05. The van der Waals surface area contributed by atoms with Gasteiger partial charge in [-0.15, -0.1) is 0 Å². The number of ether oxygens (including phenoxy) is 2. The fourth-order valence-electron chi connectivity index (χ4n) is 3.80. The van der Waals surface area contributed by atoms with Gasteiger partial charge in [0.15, 0.2) is 5.78 Å². The van der Waals surface area contributed by atoms with Crippen molar-refractivity contribution in [3.63, 3.8) is 0 Å². The van der Waals surface area contributed by atoms with Gasteiger partial charge >= 0.3 is 5.97 Å². The highest BCUT2D eigenvalue weighted by molar-refractivity contribution is 7.82. The molecule has 3 rings (SSSR count). The highest BCUT2D eigenvalue weighted by Crippen LogP contribution is 2.31. The van der Waals surface area contributed by atoms with Gasteiger partial charge in [0.2, 0.25) is 12.2 Å². The summed E-state index contributed by atoms with van der Waals surface area (Å²) in [7, 11) is 0. The maximum absolute atomic E-state index is 13.5. The van der Waals surface area contributed by atoms with E-state index < -0.39 is 52.5 Å². The molecule has 0 spiro atoms. The summed E-state index contributed by atoms with van der Waals surface area (Å²) in [5.41, 5.74) is 0.0631. The Kier molecular flexibility index (Phi) is 8.38. The van der Waals surface area contributed by atoms with Crippen LogP contribution in [0.15, 0.2) is 24.3 Å². The van der Waals surface area contributed by atoms with E-state index in [2.05, 4.69) is 36.1 Å². The van der Waals surface area contributed by atoms with Crippen LogP contribution in [-0.2, 0) is 23.9 Å². The Bertz CT molecular complexity index is 935. The molecule has 2 heterocycles. The molecule has 4 unspecified atom stereocenters. The second-order valence-electron chi connectivity index (χ2n) is 7.96. The van der Waals surface area contributed by atoms with Gasteiger partial charge in [0, 0.05) is 31.7 Å². The van der Waals surface area contributed by atoms with Crippen LogP contribution in [0.2, 0.25) is 0 Å². The Morgan fingerprint density at radius 3 is 2.79 bits per heavy atom. The molecule has 1 aromatic rings.